The molecule has 0 saturated carbocycles. The predicted molar refractivity (Wildman–Crippen MR) is 99.5 cm³/mol. The average Bonchev–Trinajstić information content (AvgIpc) is 3.13. The topological polar surface area (TPSA) is 73.6 Å². The van der Waals surface area contributed by atoms with Crippen molar-refractivity contribution in [2.24, 2.45) is 5.92 Å². The third-order valence-electron chi connectivity index (χ3n) is 6.10. The molecular weight excluding hydrogens is 330 g/mol. The summed E-state index contributed by atoms with van der Waals surface area (Å²) in [6.45, 7) is 7.12. The number of aromatic nitrogens is 1. The second kappa shape index (κ2) is 6.55. The lowest BCUT2D eigenvalue weighted by atomic mass is 9.84. The molecule has 138 valence electrons. The molecule has 2 bridgehead atoms. The standard InChI is InChI=1S/C19H25N5O2/c25-19(22-16-11-23-5-1-13(16)2-6-23)15-9-14-17(12-26-18(14)10-21-15)24-7-3-20-4-8-24/h9-10,12-13,16,20H,1-8,11H2,(H,22,25)/t16-/m0/s1. The number of piperazine rings is 1. The molecule has 0 spiro atoms. The minimum Gasteiger partial charge on any atom is -0.460 e. The number of furan rings is 1. The summed E-state index contributed by atoms with van der Waals surface area (Å²) in [6, 6.07) is 2.13. The van der Waals surface area contributed by atoms with Crippen molar-refractivity contribution in [3.8, 4) is 0 Å². The fourth-order valence-corrected chi connectivity index (χ4v) is 4.57. The lowest BCUT2D eigenvalue weighted by Crippen LogP contribution is -2.57. The summed E-state index contributed by atoms with van der Waals surface area (Å²) in [5.41, 5.74) is 2.27. The van der Waals surface area contributed by atoms with Crippen LogP contribution in [0.3, 0.4) is 0 Å². The Balaban J connectivity index is 1.37. The third kappa shape index (κ3) is 2.85. The van der Waals surface area contributed by atoms with E-state index in [1.807, 2.05) is 6.07 Å². The van der Waals surface area contributed by atoms with Gasteiger partial charge in [-0.3, -0.25) is 4.79 Å². The Bertz CT molecular complexity index is 805. The monoisotopic (exact) mass is 355 g/mol. The van der Waals surface area contributed by atoms with Gasteiger partial charge in [0.2, 0.25) is 0 Å². The van der Waals surface area contributed by atoms with Gasteiger partial charge >= 0.3 is 0 Å². The molecule has 2 aromatic rings. The normalized spacial score (nSPS) is 28.5. The molecule has 1 atom stereocenters. The summed E-state index contributed by atoms with van der Waals surface area (Å²) in [5.74, 6) is 0.538. The van der Waals surface area contributed by atoms with E-state index >= 15 is 0 Å². The smallest absolute Gasteiger partial charge is 0.270 e. The number of rotatable bonds is 3. The summed E-state index contributed by atoms with van der Waals surface area (Å²) in [4.78, 5) is 21.9. The second-order valence-electron chi connectivity index (χ2n) is 7.64. The van der Waals surface area contributed by atoms with E-state index < -0.39 is 0 Å². The van der Waals surface area contributed by atoms with Crippen LogP contribution in [0.25, 0.3) is 11.0 Å². The second-order valence-corrected chi connectivity index (χ2v) is 7.64. The number of carbonyl (C=O) groups is 1. The zero-order valence-corrected chi connectivity index (χ0v) is 14.9. The fourth-order valence-electron chi connectivity index (χ4n) is 4.57. The van der Waals surface area contributed by atoms with E-state index in [4.69, 9.17) is 4.42 Å². The molecule has 7 heteroatoms. The van der Waals surface area contributed by atoms with E-state index in [1.165, 1.54) is 25.9 Å². The summed E-state index contributed by atoms with van der Waals surface area (Å²) in [5, 5.41) is 7.56. The number of fused-ring (bicyclic) bond motifs is 4. The van der Waals surface area contributed by atoms with Gasteiger partial charge in [0.05, 0.1) is 11.9 Å². The van der Waals surface area contributed by atoms with Crippen LogP contribution in [0.2, 0.25) is 0 Å². The van der Waals surface area contributed by atoms with Gasteiger partial charge in [0.1, 0.15) is 12.0 Å². The number of carbonyl (C=O) groups excluding carboxylic acids is 1. The van der Waals surface area contributed by atoms with Gasteiger partial charge in [0.15, 0.2) is 5.58 Å². The zero-order valence-electron chi connectivity index (χ0n) is 14.9. The van der Waals surface area contributed by atoms with Crippen LogP contribution in [-0.4, -0.2) is 67.6 Å². The van der Waals surface area contributed by atoms with Crippen molar-refractivity contribution in [2.45, 2.75) is 18.9 Å². The van der Waals surface area contributed by atoms with Gasteiger partial charge in [-0.05, 0) is 37.9 Å². The Morgan fingerprint density at radius 2 is 2.04 bits per heavy atom. The van der Waals surface area contributed by atoms with Crippen LogP contribution in [0, 0.1) is 5.92 Å². The summed E-state index contributed by atoms with van der Waals surface area (Å²) >= 11 is 0. The molecule has 4 aliphatic heterocycles. The highest BCUT2D eigenvalue weighted by Crippen LogP contribution is 2.30. The first-order valence-electron chi connectivity index (χ1n) is 9.64. The number of anilines is 1. The van der Waals surface area contributed by atoms with Crippen LogP contribution in [0.5, 0.6) is 0 Å². The highest BCUT2D eigenvalue weighted by molar-refractivity contribution is 5.99. The molecule has 2 aromatic heterocycles. The summed E-state index contributed by atoms with van der Waals surface area (Å²) in [7, 11) is 0. The summed E-state index contributed by atoms with van der Waals surface area (Å²) in [6.07, 6.45) is 5.83. The molecule has 0 aromatic carbocycles. The van der Waals surface area contributed by atoms with Crippen molar-refractivity contribution in [3.63, 3.8) is 0 Å². The zero-order chi connectivity index (χ0) is 17.5. The van der Waals surface area contributed by atoms with E-state index in [2.05, 4.69) is 25.4 Å². The number of hydrogen-bond acceptors (Lipinski definition) is 6. The van der Waals surface area contributed by atoms with Crippen molar-refractivity contribution in [1.29, 1.82) is 0 Å². The maximum Gasteiger partial charge on any atom is 0.270 e. The van der Waals surface area contributed by atoms with Gasteiger partial charge in [-0.15, -0.1) is 0 Å². The van der Waals surface area contributed by atoms with Crippen molar-refractivity contribution in [2.75, 3.05) is 50.7 Å². The number of nitrogens with zero attached hydrogens (tertiary/aromatic N) is 3. The van der Waals surface area contributed by atoms with Crippen molar-refractivity contribution in [1.82, 2.24) is 20.5 Å². The van der Waals surface area contributed by atoms with Crippen LogP contribution in [-0.2, 0) is 0 Å². The van der Waals surface area contributed by atoms with Gasteiger partial charge in [-0.2, -0.15) is 0 Å². The summed E-state index contributed by atoms with van der Waals surface area (Å²) < 4.78 is 5.66. The maximum absolute atomic E-state index is 12.8. The molecule has 4 saturated heterocycles. The number of hydrogen-bond donors (Lipinski definition) is 2. The number of piperidine rings is 3. The minimum absolute atomic E-state index is 0.0712. The Kier molecular flexibility index (Phi) is 4.05. The number of amides is 1. The van der Waals surface area contributed by atoms with Gasteiger partial charge in [-0.1, -0.05) is 0 Å². The van der Waals surface area contributed by atoms with Crippen molar-refractivity contribution < 1.29 is 9.21 Å². The molecule has 26 heavy (non-hydrogen) atoms. The number of pyridine rings is 1. The molecule has 1 amide bonds. The Morgan fingerprint density at radius 1 is 1.23 bits per heavy atom. The fraction of sp³-hybridized carbons (Fsp3) is 0.579. The predicted octanol–water partition coefficient (Wildman–Crippen LogP) is 1.06. The Morgan fingerprint density at radius 3 is 2.77 bits per heavy atom. The molecule has 0 radical (unpaired) electrons. The largest absolute Gasteiger partial charge is 0.460 e. The van der Waals surface area contributed by atoms with Crippen molar-refractivity contribution in [3.05, 3.63) is 24.2 Å². The maximum atomic E-state index is 12.8. The first-order valence-corrected chi connectivity index (χ1v) is 9.64. The van der Waals surface area contributed by atoms with E-state index in [9.17, 15) is 4.79 Å². The van der Waals surface area contributed by atoms with E-state index in [1.54, 1.807) is 12.5 Å². The van der Waals surface area contributed by atoms with Crippen LogP contribution in [0.15, 0.2) is 22.9 Å². The molecule has 7 nitrogen and oxygen atoms in total. The Hall–Kier alpha value is -2.12. The molecule has 4 aliphatic rings. The van der Waals surface area contributed by atoms with E-state index in [0.29, 0.717) is 11.6 Å². The van der Waals surface area contributed by atoms with Crippen LogP contribution in [0.4, 0.5) is 5.69 Å². The van der Waals surface area contributed by atoms with Gasteiger partial charge < -0.3 is 24.9 Å². The van der Waals surface area contributed by atoms with E-state index in [-0.39, 0.29) is 11.9 Å². The molecule has 4 fully saturated rings. The average molecular weight is 355 g/mol. The molecule has 6 rings (SSSR count). The van der Waals surface area contributed by atoms with Crippen LogP contribution < -0.4 is 15.5 Å². The van der Waals surface area contributed by atoms with Crippen molar-refractivity contribution >= 4 is 22.6 Å². The van der Waals surface area contributed by atoms with Gasteiger partial charge in [0, 0.05) is 44.2 Å². The third-order valence-corrected chi connectivity index (χ3v) is 6.10. The molecule has 6 heterocycles. The minimum atomic E-state index is -0.0712. The molecule has 0 aliphatic carbocycles. The van der Waals surface area contributed by atoms with Gasteiger partial charge in [-0.25, -0.2) is 4.98 Å². The lowest BCUT2D eigenvalue weighted by molar-refractivity contribution is 0.0618. The van der Waals surface area contributed by atoms with E-state index in [0.717, 1.165) is 49.4 Å². The van der Waals surface area contributed by atoms with Crippen LogP contribution >= 0.6 is 0 Å². The highest BCUT2D eigenvalue weighted by Gasteiger charge is 2.35. The van der Waals surface area contributed by atoms with Gasteiger partial charge in [0.25, 0.3) is 5.91 Å². The first kappa shape index (κ1) is 16.1. The molecule has 0 unspecified atom stereocenters. The highest BCUT2D eigenvalue weighted by atomic mass is 16.3. The molecule has 2 N–H and O–H groups in total. The molecular formula is C19H25N5O2. The van der Waals surface area contributed by atoms with Crippen LogP contribution in [0.1, 0.15) is 23.3 Å². The first-order chi connectivity index (χ1) is 12.8. The Labute approximate surface area is 152 Å². The SMILES string of the molecule is O=C(N[C@H]1CN2CCC1CC2)c1cc2c(N3CCNCC3)coc2cn1. The quantitative estimate of drug-likeness (QED) is 0.858. The number of nitrogens with one attached hydrogen (secondary N) is 2. The lowest BCUT2D eigenvalue weighted by Gasteiger charge is -2.44.